The number of aromatic nitrogens is 3. The Kier molecular flexibility index (Phi) is 5.47. The summed E-state index contributed by atoms with van der Waals surface area (Å²) in [6, 6.07) is 11.4. The van der Waals surface area contributed by atoms with Gasteiger partial charge in [0.1, 0.15) is 0 Å². The van der Waals surface area contributed by atoms with Crippen LogP contribution in [0.15, 0.2) is 59.8 Å². The van der Waals surface area contributed by atoms with Crippen LogP contribution >= 0.6 is 0 Å². The predicted molar refractivity (Wildman–Crippen MR) is 116 cm³/mol. The monoisotopic (exact) mass is 456 g/mol. The van der Waals surface area contributed by atoms with Crippen molar-refractivity contribution in [3.05, 3.63) is 72.1 Å². The summed E-state index contributed by atoms with van der Waals surface area (Å²) >= 11 is 0. The molecule has 0 saturated heterocycles. The van der Waals surface area contributed by atoms with Crippen LogP contribution < -0.4 is 5.32 Å². The molecule has 0 bridgehead atoms. The number of anilines is 1. The van der Waals surface area contributed by atoms with Crippen LogP contribution in [-0.4, -0.2) is 34.8 Å². The number of carbonyl (C=O) groups is 1. The Morgan fingerprint density at radius 1 is 1.09 bits per heavy atom. The molecule has 1 amide bonds. The summed E-state index contributed by atoms with van der Waals surface area (Å²) < 4.78 is 52.2. The fourth-order valence-corrected chi connectivity index (χ4v) is 4.08. The van der Waals surface area contributed by atoms with E-state index >= 15 is 0 Å². The van der Waals surface area contributed by atoms with Crippen molar-refractivity contribution in [2.24, 2.45) is 0 Å². The van der Waals surface area contributed by atoms with Gasteiger partial charge in [-0.2, -0.15) is 5.10 Å². The van der Waals surface area contributed by atoms with Gasteiger partial charge in [-0.25, -0.2) is 22.2 Å². The van der Waals surface area contributed by atoms with Gasteiger partial charge in [0.15, 0.2) is 32.2 Å². The zero-order valence-corrected chi connectivity index (χ0v) is 17.9. The van der Waals surface area contributed by atoms with Crippen LogP contribution in [-0.2, 0) is 9.84 Å². The largest absolute Gasteiger partial charge is 0.319 e. The first kappa shape index (κ1) is 21.6. The molecule has 0 aliphatic carbocycles. The molecular formula is C22H18F2N4O3S. The highest BCUT2D eigenvalue weighted by Gasteiger charge is 2.21. The van der Waals surface area contributed by atoms with Crippen LogP contribution in [0.25, 0.3) is 22.0 Å². The molecule has 2 aromatic heterocycles. The maximum atomic E-state index is 14.2. The number of amides is 1. The number of aromatic amines is 1. The molecule has 4 rings (SSSR count). The highest BCUT2D eigenvalue weighted by Crippen LogP contribution is 2.28. The number of nitrogens with zero attached hydrogens (tertiary/aromatic N) is 2. The van der Waals surface area contributed by atoms with Crippen LogP contribution in [0, 0.1) is 11.6 Å². The van der Waals surface area contributed by atoms with Crippen molar-refractivity contribution >= 4 is 32.3 Å². The molecule has 2 N–H and O–H groups in total. The third-order valence-corrected chi connectivity index (χ3v) is 7.01. The Morgan fingerprint density at radius 2 is 1.88 bits per heavy atom. The maximum absolute atomic E-state index is 14.2. The Balaban J connectivity index is 1.64. The first-order valence-electron chi connectivity index (χ1n) is 9.62. The van der Waals surface area contributed by atoms with Crippen LogP contribution in [0.1, 0.15) is 24.3 Å². The number of rotatable bonds is 5. The number of benzene rings is 2. The van der Waals surface area contributed by atoms with Gasteiger partial charge in [0.25, 0.3) is 5.91 Å². The summed E-state index contributed by atoms with van der Waals surface area (Å²) in [5.74, 6) is -2.53. The number of halogens is 2. The molecule has 10 heteroatoms. The molecule has 0 fully saturated rings. The first-order chi connectivity index (χ1) is 15.2. The summed E-state index contributed by atoms with van der Waals surface area (Å²) in [5, 5.41) is 9.07. The van der Waals surface area contributed by atoms with Gasteiger partial charge in [0, 0.05) is 10.9 Å². The summed E-state index contributed by atoms with van der Waals surface area (Å²) in [4.78, 5) is 16.7. The second-order valence-corrected chi connectivity index (χ2v) is 9.82. The highest BCUT2D eigenvalue weighted by atomic mass is 32.2. The van der Waals surface area contributed by atoms with Crippen molar-refractivity contribution < 1.29 is 22.0 Å². The van der Waals surface area contributed by atoms with Gasteiger partial charge in [-0.3, -0.25) is 9.89 Å². The maximum Gasteiger partial charge on any atom is 0.276 e. The van der Waals surface area contributed by atoms with Gasteiger partial charge < -0.3 is 5.32 Å². The van der Waals surface area contributed by atoms with E-state index in [1.54, 1.807) is 32.0 Å². The standard InChI is InChI=1S/C22H18F2N4O3S/c1-12(2)32(30,31)19-9-7-14(11-25-19)26-22(29)21-16-10-13(6-8-18(16)27-28-21)15-4-3-5-17(23)20(15)24/h3-12H,1-2H3,(H,26,29)(H,27,28). The van der Waals surface area contributed by atoms with E-state index < -0.39 is 32.6 Å². The highest BCUT2D eigenvalue weighted by molar-refractivity contribution is 7.91. The number of hydrogen-bond acceptors (Lipinski definition) is 5. The SMILES string of the molecule is CC(C)S(=O)(=O)c1ccc(NC(=O)c2n[nH]c3ccc(-c4cccc(F)c4F)cc23)cn1. The smallest absolute Gasteiger partial charge is 0.276 e. The first-order valence-corrected chi connectivity index (χ1v) is 11.2. The minimum atomic E-state index is -3.53. The lowest BCUT2D eigenvalue weighted by Crippen LogP contribution is -2.16. The fourth-order valence-electron chi connectivity index (χ4n) is 3.14. The lowest BCUT2D eigenvalue weighted by molar-refractivity contribution is 0.102. The summed E-state index contributed by atoms with van der Waals surface area (Å²) in [5.41, 5.74) is 1.30. The van der Waals surface area contributed by atoms with Crippen LogP contribution in [0.2, 0.25) is 0 Å². The van der Waals surface area contributed by atoms with E-state index in [-0.39, 0.29) is 22.0 Å². The van der Waals surface area contributed by atoms with E-state index in [9.17, 15) is 22.0 Å². The number of H-pyrrole nitrogens is 1. The number of nitrogens with one attached hydrogen (secondary N) is 2. The lowest BCUT2D eigenvalue weighted by Gasteiger charge is -2.08. The van der Waals surface area contributed by atoms with Crippen LogP contribution in [0.4, 0.5) is 14.5 Å². The molecule has 32 heavy (non-hydrogen) atoms. The lowest BCUT2D eigenvalue weighted by atomic mass is 10.0. The minimum Gasteiger partial charge on any atom is -0.319 e. The van der Waals surface area contributed by atoms with Crippen molar-refractivity contribution in [2.75, 3.05) is 5.32 Å². The van der Waals surface area contributed by atoms with Gasteiger partial charge in [0.2, 0.25) is 0 Å². The molecule has 7 nitrogen and oxygen atoms in total. The topological polar surface area (TPSA) is 105 Å². The Hall–Kier alpha value is -3.66. The molecule has 0 atom stereocenters. The number of fused-ring (bicyclic) bond motifs is 1. The average Bonchev–Trinajstić information content (AvgIpc) is 3.19. The third kappa shape index (κ3) is 3.84. The van der Waals surface area contributed by atoms with Crippen molar-refractivity contribution in [3.8, 4) is 11.1 Å². The molecule has 2 heterocycles. The van der Waals surface area contributed by atoms with Crippen molar-refractivity contribution in [3.63, 3.8) is 0 Å². The van der Waals surface area contributed by atoms with E-state index in [2.05, 4.69) is 20.5 Å². The predicted octanol–water partition coefficient (Wildman–Crippen LogP) is 4.34. The molecule has 0 radical (unpaired) electrons. The van der Waals surface area contributed by atoms with E-state index in [0.717, 1.165) is 6.07 Å². The fraction of sp³-hybridized carbons (Fsp3) is 0.136. The zero-order chi connectivity index (χ0) is 23.0. The van der Waals surface area contributed by atoms with Gasteiger partial charge in [-0.15, -0.1) is 0 Å². The summed E-state index contributed by atoms with van der Waals surface area (Å²) in [6.07, 6.45) is 1.25. The number of carbonyl (C=O) groups excluding carboxylic acids is 1. The zero-order valence-electron chi connectivity index (χ0n) is 17.1. The molecule has 0 spiro atoms. The van der Waals surface area contributed by atoms with Crippen LogP contribution in [0.5, 0.6) is 0 Å². The van der Waals surface area contributed by atoms with E-state index in [1.807, 2.05) is 0 Å². The Morgan fingerprint density at radius 3 is 2.56 bits per heavy atom. The molecule has 0 aliphatic heterocycles. The van der Waals surface area contributed by atoms with Crippen LogP contribution in [0.3, 0.4) is 0 Å². The number of hydrogen-bond donors (Lipinski definition) is 2. The summed E-state index contributed by atoms with van der Waals surface area (Å²) in [7, 11) is -3.53. The molecular weight excluding hydrogens is 438 g/mol. The molecule has 4 aromatic rings. The second-order valence-electron chi connectivity index (χ2n) is 7.37. The van der Waals surface area contributed by atoms with Gasteiger partial charge in [0.05, 0.1) is 22.7 Å². The molecule has 2 aromatic carbocycles. The Labute approximate surface area is 182 Å². The molecule has 0 unspecified atom stereocenters. The minimum absolute atomic E-state index is 0.0394. The van der Waals surface area contributed by atoms with Crippen molar-refractivity contribution in [1.82, 2.24) is 15.2 Å². The molecule has 164 valence electrons. The Bertz CT molecular complexity index is 1430. The average molecular weight is 456 g/mol. The van der Waals surface area contributed by atoms with Gasteiger partial charge in [-0.05, 0) is 49.7 Å². The normalized spacial score (nSPS) is 11.8. The van der Waals surface area contributed by atoms with Gasteiger partial charge in [-0.1, -0.05) is 18.2 Å². The number of sulfone groups is 1. The number of pyridine rings is 1. The van der Waals surface area contributed by atoms with Crippen molar-refractivity contribution in [1.29, 1.82) is 0 Å². The molecule has 0 saturated carbocycles. The summed E-state index contributed by atoms with van der Waals surface area (Å²) in [6.45, 7) is 3.11. The van der Waals surface area contributed by atoms with Gasteiger partial charge >= 0.3 is 0 Å². The van der Waals surface area contributed by atoms with E-state index in [4.69, 9.17) is 0 Å². The molecule has 0 aliphatic rings. The third-order valence-electron chi connectivity index (χ3n) is 4.95. The van der Waals surface area contributed by atoms with E-state index in [0.29, 0.717) is 16.5 Å². The second kappa shape index (κ2) is 8.12. The van der Waals surface area contributed by atoms with E-state index in [1.165, 1.54) is 30.5 Å². The quantitative estimate of drug-likeness (QED) is 0.465. The van der Waals surface area contributed by atoms with Crippen molar-refractivity contribution in [2.45, 2.75) is 24.1 Å².